The van der Waals surface area contributed by atoms with E-state index in [-0.39, 0.29) is 0 Å². The monoisotopic (exact) mass is 271 g/mol. The van der Waals surface area contributed by atoms with Gasteiger partial charge in [0, 0.05) is 36.8 Å². The summed E-state index contributed by atoms with van der Waals surface area (Å²) in [5, 5.41) is 1.15. The van der Waals surface area contributed by atoms with Crippen LogP contribution in [0.5, 0.6) is 0 Å². The van der Waals surface area contributed by atoms with Gasteiger partial charge in [-0.3, -0.25) is 4.90 Å². The lowest BCUT2D eigenvalue weighted by atomic mass is 10.1. The highest BCUT2D eigenvalue weighted by molar-refractivity contribution is 5.81. The number of fused-ring (bicyclic) bond motifs is 1. The maximum atomic E-state index is 6.10. The van der Waals surface area contributed by atoms with Gasteiger partial charge in [0.2, 0.25) is 0 Å². The van der Waals surface area contributed by atoms with E-state index >= 15 is 0 Å². The number of para-hydroxylation sites is 1. The predicted molar refractivity (Wildman–Crippen MR) is 81.5 cm³/mol. The van der Waals surface area contributed by atoms with Crippen molar-refractivity contribution >= 4 is 16.7 Å². The van der Waals surface area contributed by atoms with Gasteiger partial charge in [0.05, 0.1) is 5.52 Å². The SMILES string of the molecule is CN(Cc1cc2ccccc2nc1N)C1CCOCC1. The van der Waals surface area contributed by atoms with Crippen molar-refractivity contribution in [2.75, 3.05) is 26.0 Å². The minimum atomic E-state index is 0.578. The number of benzene rings is 1. The zero-order valence-electron chi connectivity index (χ0n) is 11.9. The molecule has 2 heterocycles. The third-order valence-corrected chi connectivity index (χ3v) is 4.07. The molecule has 2 N–H and O–H groups in total. The first-order valence-electron chi connectivity index (χ1n) is 7.16. The molecular formula is C16H21N3O. The second kappa shape index (κ2) is 5.77. The van der Waals surface area contributed by atoms with Crippen molar-refractivity contribution in [2.45, 2.75) is 25.4 Å². The quantitative estimate of drug-likeness (QED) is 0.931. The van der Waals surface area contributed by atoms with Crippen molar-refractivity contribution < 1.29 is 4.74 Å². The van der Waals surface area contributed by atoms with Crippen LogP contribution in [0, 0.1) is 0 Å². The molecule has 4 nitrogen and oxygen atoms in total. The van der Waals surface area contributed by atoms with E-state index in [2.05, 4.69) is 29.1 Å². The highest BCUT2D eigenvalue weighted by Gasteiger charge is 2.19. The summed E-state index contributed by atoms with van der Waals surface area (Å²) in [6.07, 6.45) is 2.19. The molecule has 1 aromatic heterocycles. The highest BCUT2D eigenvalue weighted by Crippen LogP contribution is 2.21. The third-order valence-electron chi connectivity index (χ3n) is 4.07. The van der Waals surface area contributed by atoms with Gasteiger partial charge in [0.1, 0.15) is 5.82 Å². The first-order chi connectivity index (χ1) is 9.74. The number of aromatic nitrogens is 1. The van der Waals surface area contributed by atoms with E-state index in [1.807, 2.05) is 18.2 Å². The fourth-order valence-corrected chi connectivity index (χ4v) is 2.82. The number of hydrogen-bond acceptors (Lipinski definition) is 4. The van der Waals surface area contributed by atoms with Gasteiger partial charge in [-0.15, -0.1) is 0 Å². The summed E-state index contributed by atoms with van der Waals surface area (Å²) in [6, 6.07) is 10.8. The normalized spacial score (nSPS) is 16.9. The Labute approximate surface area is 119 Å². The van der Waals surface area contributed by atoms with E-state index in [9.17, 15) is 0 Å². The average Bonchev–Trinajstić information content (AvgIpc) is 2.49. The molecule has 1 aromatic carbocycles. The Hall–Kier alpha value is -1.65. The van der Waals surface area contributed by atoms with E-state index in [1.54, 1.807) is 0 Å². The van der Waals surface area contributed by atoms with Crippen molar-refractivity contribution in [1.29, 1.82) is 0 Å². The van der Waals surface area contributed by atoms with Gasteiger partial charge in [-0.25, -0.2) is 4.98 Å². The van der Waals surface area contributed by atoms with E-state index in [1.165, 1.54) is 0 Å². The average molecular weight is 271 g/mol. The Morgan fingerprint density at radius 3 is 2.85 bits per heavy atom. The molecule has 0 atom stereocenters. The molecule has 1 aliphatic rings. The molecule has 3 rings (SSSR count). The zero-order chi connectivity index (χ0) is 13.9. The van der Waals surface area contributed by atoms with Crippen LogP contribution in [0.25, 0.3) is 10.9 Å². The molecule has 0 aliphatic carbocycles. The van der Waals surface area contributed by atoms with Crippen LogP contribution in [-0.2, 0) is 11.3 Å². The second-order valence-corrected chi connectivity index (χ2v) is 5.48. The lowest BCUT2D eigenvalue weighted by molar-refractivity contribution is 0.0407. The first kappa shape index (κ1) is 13.3. The van der Waals surface area contributed by atoms with Crippen LogP contribution < -0.4 is 5.73 Å². The fraction of sp³-hybridized carbons (Fsp3) is 0.438. The van der Waals surface area contributed by atoms with Crippen molar-refractivity contribution in [1.82, 2.24) is 9.88 Å². The third kappa shape index (κ3) is 2.76. The van der Waals surface area contributed by atoms with Gasteiger partial charge in [0.15, 0.2) is 0 Å². The Morgan fingerprint density at radius 1 is 1.30 bits per heavy atom. The maximum Gasteiger partial charge on any atom is 0.128 e. The number of pyridine rings is 1. The molecule has 0 saturated carbocycles. The standard InChI is InChI=1S/C16H21N3O/c1-19(14-6-8-20-9-7-14)11-13-10-12-4-2-3-5-15(12)18-16(13)17/h2-5,10,14H,6-9,11H2,1H3,(H2,17,18). The number of rotatable bonds is 3. The van der Waals surface area contributed by atoms with Crippen LogP contribution in [0.2, 0.25) is 0 Å². The molecule has 1 fully saturated rings. The number of nitrogen functional groups attached to an aromatic ring is 1. The molecule has 0 bridgehead atoms. The summed E-state index contributed by atoms with van der Waals surface area (Å²) in [4.78, 5) is 6.87. The van der Waals surface area contributed by atoms with Crippen LogP contribution in [0.1, 0.15) is 18.4 Å². The van der Waals surface area contributed by atoms with Gasteiger partial charge < -0.3 is 10.5 Å². The highest BCUT2D eigenvalue weighted by atomic mass is 16.5. The van der Waals surface area contributed by atoms with Gasteiger partial charge in [-0.05, 0) is 32.0 Å². The zero-order valence-corrected chi connectivity index (χ0v) is 11.9. The van der Waals surface area contributed by atoms with Crippen LogP contribution in [0.3, 0.4) is 0 Å². The minimum Gasteiger partial charge on any atom is -0.383 e. The van der Waals surface area contributed by atoms with Crippen molar-refractivity contribution in [3.8, 4) is 0 Å². The summed E-state index contributed by atoms with van der Waals surface area (Å²) in [5.41, 5.74) is 8.17. The molecule has 0 spiro atoms. The second-order valence-electron chi connectivity index (χ2n) is 5.48. The van der Waals surface area contributed by atoms with Gasteiger partial charge in [-0.1, -0.05) is 18.2 Å². The van der Waals surface area contributed by atoms with E-state index in [0.717, 1.165) is 49.1 Å². The Morgan fingerprint density at radius 2 is 2.05 bits per heavy atom. The molecule has 0 radical (unpaired) electrons. The lowest BCUT2D eigenvalue weighted by Gasteiger charge is -2.31. The summed E-state index contributed by atoms with van der Waals surface area (Å²) in [6.45, 7) is 2.56. The predicted octanol–water partition coefficient (Wildman–Crippen LogP) is 2.43. The van der Waals surface area contributed by atoms with Crippen LogP contribution in [-0.4, -0.2) is 36.2 Å². The molecule has 0 amide bonds. The van der Waals surface area contributed by atoms with Crippen molar-refractivity contribution in [3.05, 3.63) is 35.9 Å². The largest absolute Gasteiger partial charge is 0.383 e. The van der Waals surface area contributed by atoms with Gasteiger partial charge in [0.25, 0.3) is 0 Å². The van der Waals surface area contributed by atoms with E-state index < -0.39 is 0 Å². The van der Waals surface area contributed by atoms with Gasteiger partial charge in [-0.2, -0.15) is 0 Å². The van der Waals surface area contributed by atoms with Crippen molar-refractivity contribution in [2.24, 2.45) is 0 Å². The summed E-state index contributed by atoms with van der Waals surface area (Å²) in [5.74, 6) is 0.641. The number of anilines is 1. The maximum absolute atomic E-state index is 6.10. The van der Waals surface area contributed by atoms with Crippen LogP contribution >= 0.6 is 0 Å². The van der Waals surface area contributed by atoms with E-state index in [0.29, 0.717) is 11.9 Å². The Balaban J connectivity index is 1.80. The number of ether oxygens (including phenoxy) is 1. The smallest absolute Gasteiger partial charge is 0.128 e. The molecule has 1 aliphatic heterocycles. The lowest BCUT2D eigenvalue weighted by Crippen LogP contribution is -2.36. The van der Waals surface area contributed by atoms with E-state index in [4.69, 9.17) is 10.5 Å². The Kier molecular flexibility index (Phi) is 3.85. The minimum absolute atomic E-state index is 0.578. The molecule has 1 saturated heterocycles. The topological polar surface area (TPSA) is 51.4 Å². The van der Waals surface area contributed by atoms with Crippen LogP contribution in [0.4, 0.5) is 5.82 Å². The molecule has 20 heavy (non-hydrogen) atoms. The molecule has 106 valence electrons. The summed E-state index contributed by atoms with van der Waals surface area (Å²) >= 11 is 0. The first-order valence-corrected chi connectivity index (χ1v) is 7.16. The fourth-order valence-electron chi connectivity index (χ4n) is 2.82. The number of hydrogen-bond donors (Lipinski definition) is 1. The number of nitrogens with two attached hydrogens (primary N) is 1. The molecule has 2 aromatic rings. The molecular weight excluding hydrogens is 250 g/mol. The van der Waals surface area contributed by atoms with Crippen LogP contribution in [0.15, 0.2) is 30.3 Å². The van der Waals surface area contributed by atoms with Gasteiger partial charge >= 0.3 is 0 Å². The number of nitrogens with zero attached hydrogens (tertiary/aromatic N) is 2. The summed E-state index contributed by atoms with van der Waals surface area (Å²) < 4.78 is 5.42. The van der Waals surface area contributed by atoms with Crippen molar-refractivity contribution in [3.63, 3.8) is 0 Å². The Bertz CT molecular complexity index is 593. The molecule has 0 unspecified atom stereocenters. The summed E-state index contributed by atoms with van der Waals surface area (Å²) in [7, 11) is 2.16. The molecule has 4 heteroatoms.